The Kier molecular flexibility index (Phi) is 3.74. The maximum absolute atomic E-state index is 12.0. The molecule has 0 aliphatic rings. The standard InChI is InChI=1S/C13H9ClN4O/c1-8-5-10(15-2)6-11(17-8)13(19)18-9-3-4-16-12(14)7-9/h3-7H,1H3,(H,16,18,19). The second-order valence-electron chi connectivity index (χ2n) is 3.79. The van der Waals surface area contributed by atoms with Crippen molar-refractivity contribution in [3.05, 3.63) is 58.4 Å². The molecule has 0 saturated heterocycles. The molecular formula is C13H9ClN4O. The maximum atomic E-state index is 12.0. The van der Waals surface area contributed by atoms with Crippen LogP contribution in [0.5, 0.6) is 0 Å². The molecule has 0 radical (unpaired) electrons. The first-order valence-electron chi connectivity index (χ1n) is 5.37. The minimum Gasteiger partial charge on any atom is -0.321 e. The van der Waals surface area contributed by atoms with E-state index in [0.717, 1.165) is 0 Å². The third-order valence-corrected chi connectivity index (χ3v) is 2.49. The lowest BCUT2D eigenvalue weighted by Gasteiger charge is -2.06. The number of hydrogen-bond acceptors (Lipinski definition) is 3. The lowest BCUT2D eigenvalue weighted by Crippen LogP contribution is -2.14. The van der Waals surface area contributed by atoms with Gasteiger partial charge in [0.15, 0.2) is 5.69 Å². The summed E-state index contributed by atoms with van der Waals surface area (Å²) in [5, 5.41) is 2.94. The Hall–Kier alpha value is -2.45. The number of nitrogens with zero attached hydrogens (tertiary/aromatic N) is 3. The summed E-state index contributed by atoms with van der Waals surface area (Å²) in [6.45, 7) is 8.70. The smallest absolute Gasteiger partial charge is 0.272 e. The van der Waals surface area contributed by atoms with Crippen molar-refractivity contribution in [2.45, 2.75) is 6.92 Å². The van der Waals surface area contributed by atoms with E-state index in [1.807, 2.05) is 0 Å². The summed E-state index contributed by atoms with van der Waals surface area (Å²) < 4.78 is 0. The van der Waals surface area contributed by atoms with Gasteiger partial charge in [0, 0.05) is 17.6 Å². The highest BCUT2D eigenvalue weighted by atomic mass is 35.5. The first-order valence-corrected chi connectivity index (χ1v) is 5.75. The molecule has 0 fully saturated rings. The van der Waals surface area contributed by atoms with Crippen LogP contribution in [0.25, 0.3) is 4.85 Å². The first-order chi connectivity index (χ1) is 9.08. The second kappa shape index (κ2) is 5.46. The van der Waals surface area contributed by atoms with Crippen LogP contribution < -0.4 is 5.32 Å². The molecule has 5 nitrogen and oxygen atoms in total. The number of hydrogen-bond donors (Lipinski definition) is 1. The average molecular weight is 273 g/mol. The molecule has 0 bridgehead atoms. The number of rotatable bonds is 2. The molecular weight excluding hydrogens is 264 g/mol. The molecule has 0 unspecified atom stereocenters. The molecule has 0 aliphatic heterocycles. The minimum absolute atomic E-state index is 0.193. The first kappa shape index (κ1) is 13.0. The molecule has 2 aromatic heterocycles. The van der Waals surface area contributed by atoms with Gasteiger partial charge in [-0.2, -0.15) is 0 Å². The molecule has 1 N–H and O–H groups in total. The van der Waals surface area contributed by atoms with Crippen molar-refractivity contribution < 1.29 is 4.79 Å². The minimum atomic E-state index is -0.393. The SMILES string of the molecule is [C-]#[N+]c1cc(C)nc(C(=O)Nc2ccnc(Cl)c2)c1. The van der Waals surface area contributed by atoms with E-state index in [1.165, 1.54) is 18.3 Å². The summed E-state index contributed by atoms with van der Waals surface area (Å²) in [5.74, 6) is -0.393. The van der Waals surface area contributed by atoms with Gasteiger partial charge in [0.05, 0.1) is 6.57 Å². The van der Waals surface area contributed by atoms with E-state index in [1.54, 1.807) is 19.1 Å². The van der Waals surface area contributed by atoms with Gasteiger partial charge >= 0.3 is 0 Å². The predicted molar refractivity (Wildman–Crippen MR) is 72.4 cm³/mol. The van der Waals surface area contributed by atoms with E-state index in [4.69, 9.17) is 18.2 Å². The van der Waals surface area contributed by atoms with Crippen LogP contribution in [0.3, 0.4) is 0 Å². The van der Waals surface area contributed by atoms with E-state index in [9.17, 15) is 4.79 Å². The van der Waals surface area contributed by atoms with Gasteiger partial charge < -0.3 is 5.32 Å². The Morgan fingerprint density at radius 3 is 2.89 bits per heavy atom. The topological polar surface area (TPSA) is 59.2 Å². The fourth-order valence-corrected chi connectivity index (χ4v) is 1.68. The zero-order valence-electron chi connectivity index (χ0n) is 10.0. The van der Waals surface area contributed by atoms with Gasteiger partial charge in [0.2, 0.25) is 0 Å². The van der Waals surface area contributed by atoms with Crippen LogP contribution in [-0.2, 0) is 0 Å². The van der Waals surface area contributed by atoms with Crippen LogP contribution in [0.2, 0.25) is 5.15 Å². The Bertz CT molecular complexity index is 679. The van der Waals surface area contributed by atoms with Crippen molar-refractivity contribution in [2.75, 3.05) is 5.32 Å². The number of carbonyl (C=O) groups is 1. The lowest BCUT2D eigenvalue weighted by molar-refractivity contribution is 0.102. The number of aryl methyl sites for hydroxylation is 1. The molecule has 2 heterocycles. The number of nitrogens with one attached hydrogen (secondary N) is 1. The molecule has 19 heavy (non-hydrogen) atoms. The van der Waals surface area contributed by atoms with E-state index in [-0.39, 0.29) is 10.8 Å². The highest BCUT2D eigenvalue weighted by Gasteiger charge is 2.10. The third kappa shape index (κ3) is 3.27. The van der Waals surface area contributed by atoms with E-state index in [0.29, 0.717) is 17.1 Å². The summed E-state index contributed by atoms with van der Waals surface area (Å²) in [4.78, 5) is 23.2. The predicted octanol–water partition coefficient (Wildman–Crippen LogP) is 3.24. The number of halogens is 1. The Morgan fingerprint density at radius 2 is 2.21 bits per heavy atom. The maximum Gasteiger partial charge on any atom is 0.272 e. The van der Waals surface area contributed by atoms with Crippen molar-refractivity contribution in [2.24, 2.45) is 0 Å². The van der Waals surface area contributed by atoms with Crippen molar-refractivity contribution in [1.29, 1.82) is 0 Å². The number of aromatic nitrogens is 2. The van der Waals surface area contributed by atoms with Gasteiger partial charge in [-0.3, -0.25) is 9.78 Å². The van der Waals surface area contributed by atoms with Crippen LogP contribution >= 0.6 is 11.6 Å². The molecule has 2 rings (SSSR count). The molecule has 1 amide bonds. The highest BCUT2D eigenvalue weighted by Crippen LogP contribution is 2.17. The van der Waals surface area contributed by atoms with Gasteiger partial charge in [-0.15, -0.1) is 0 Å². The van der Waals surface area contributed by atoms with Crippen LogP contribution in [0.4, 0.5) is 11.4 Å². The van der Waals surface area contributed by atoms with Crippen LogP contribution in [0.15, 0.2) is 30.5 Å². The van der Waals surface area contributed by atoms with Gasteiger partial charge in [0.1, 0.15) is 10.8 Å². The molecule has 94 valence electrons. The largest absolute Gasteiger partial charge is 0.321 e. The molecule has 2 aromatic rings. The summed E-state index contributed by atoms with van der Waals surface area (Å²) >= 11 is 5.73. The van der Waals surface area contributed by atoms with Crippen molar-refractivity contribution in [3.8, 4) is 0 Å². The van der Waals surface area contributed by atoms with Gasteiger partial charge in [-0.05, 0) is 31.2 Å². The number of pyridine rings is 2. The fraction of sp³-hybridized carbons (Fsp3) is 0.0769. The van der Waals surface area contributed by atoms with Gasteiger partial charge in [-0.1, -0.05) is 11.6 Å². The monoisotopic (exact) mass is 272 g/mol. The Morgan fingerprint density at radius 1 is 1.42 bits per heavy atom. The highest BCUT2D eigenvalue weighted by molar-refractivity contribution is 6.29. The lowest BCUT2D eigenvalue weighted by atomic mass is 10.2. The van der Waals surface area contributed by atoms with E-state index >= 15 is 0 Å². The summed E-state index contributed by atoms with van der Waals surface area (Å²) in [6, 6.07) is 6.21. The molecule has 0 saturated carbocycles. The molecule has 6 heteroatoms. The number of anilines is 1. The quantitative estimate of drug-likeness (QED) is 0.674. The number of carbonyl (C=O) groups excluding carboxylic acids is 1. The zero-order chi connectivity index (χ0) is 13.8. The summed E-state index contributed by atoms with van der Waals surface area (Å²) in [5.41, 5.74) is 1.72. The molecule has 0 aliphatic carbocycles. The fourth-order valence-electron chi connectivity index (χ4n) is 1.51. The molecule has 0 aromatic carbocycles. The summed E-state index contributed by atoms with van der Waals surface area (Å²) in [6.07, 6.45) is 1.49. The van der Waals surface area contributed by atoms with Crippen molar-refractivity contribution >= 4 is 28.9 Å². The molecule has 0 atom stereocenters. The van der Waals surface area contributed by atoms with Crippen LogP contribution in [-0.4, -0.2) is 15.9 Å². The van der Waals surface area contributed by atoms with E-state index in [2.05, 4.69) is 20.1 Å². The van der Waals surface area contributed by atoms with Crippen molar-refractivity contribution in [3.63, 3.8) is 0 Å². The Labute approximate surface area is 115 Å². The normalized spacial score (nSPS) is 9.74. The van der Waals surface area contributed by atoms with Gasteiger partial charge in [0.25, 0.3) is 5.91 Å². The van der Waals surface area contributed by atoms with Crippen LogP contribution in [0, 0.1) is 13.5 Å². The van der Waals surface area contributed by atoms with Crippen LogP contribution in [0.1, 0.15) is 16.2 Å². The van der Waals surface area contributed by atoms with Crippen molar-refractivity contribution in [1.82, 2.24) is 9.97 Å². The zero-order valence-corrected chi connectivity index (χ0v) is 10.8. The third-order valence-electron chi connectivity index (χ3n) is 2.28. The van der Waals surface area contributed by atoms with Gasteiger partial charge in [-0.25, -0.2) is 9.83 Å². The molecule has 0 spiro atoms. The number of amides is 1. The summed E-state index contributed by atoms with van der Waals surface area (Å²) in [7, 11) is 0. The average Bonchev–Trinajstić information content (AvgIpc) is 2.38. The van der Waals surface area contributed by atoms with E-state index < -0.39 is 5.91 Å². The Balaban J connectivity index is 2.25. The second-order valence-corrected chi connectivity index (χ2v) is 4.17.